The fourth-order valence-corrected chi connectivity index (χ4v) is 0.724. The molecular weight excluding hydrogens is 213 g/mol. The van der Waals surface area contributed by atoms with Crippen molar-refractivity contribution in [1.29, 1.82) is 5.41 Å². The standard InChI is InChI=1S/C7H13F3N4O/c8-7(9,10)4-14-6(15)13-3-1-2-5(11)12/h1-4H2,(H3,11,12)(H2,13,14,15). The summed E-state index contributed by atoms with van der Waals surface area (Å²) in [5.74, 6) is -0.0208. The predicted molar refractivity (Wildman–Crippen MR) is 48.6 cm³/mol. The van der Waals surface area contributed by atoms with Crippen LogP contribution in [0.25, 0.3) is 0 Å². The number of rotatable bonds is 5. The first-order valence-corrected chi connectivity index (χ1v) is 4.22. The topological polar surface area (TPSA) is 91.0 Å². The van der Waals surface area contributed by atoms with Gasteiger partial charge in [-0.2, -0.15) is 13.2 Å². The zero-order valence-corrected chi connectivity index (χ0v) is 7.95. The first-order valence-electron chi connectivity index (χ1n) is 4.22. The van der Waals surface area contributed by atoms with E-state index >= 15 is 0 Å². The van der Waals surface area contributed by atoms with Gasteiger partial charge >= 0.3 is 12.2 Å². The third-order valence-electron chi connectivity index (χ3n) is 1.36. The van der Waals surface area contributed by atoms with Crippen molar-refractivity contribution in [3.63, 3.8) is 0 Å². The summed E-state index contributed by atoms with van der Waals surface area (Å²) in [4.78, 5) is 10.7. The minimum Gasteiger partial charge on any atom is -0.388 e. The molecule has 0 atom stereocenters. The SMILES string of the molecule is N=C(N)CCCNC(=O)NCC(F)(F)F. The highest BCUT2D eigenvalue weighted by Gasteiger charge is 2.27. The highest BCUT2D eigenvalue weighted by molar-refractivity contribution is 5.77. The van der Waals surface area contributed by atoms with Gasteiger partial charge in [0.05, 0.1) is 5.84 Å². The number of nitrogens with two attached hydrogens (primary N) is 1. The summed E-state index contributed by atoms with van der Waals surface area (Å²) in [6.45, 7) is -1.17. The minimum atomic E-state index is -4.41. The molecule has 0 fully saturated rings. The van der Waals surface area contributed by atoms with Crippen molar-refractivity contribution in [2.24, 2.45) is 5.73 Å². The van der Waals surface area contributed by atoms with Gasteiger partial charge in [-0.3, -0.25) is 5.41 Å². The molecule has 0 aromatic heterocycles. The fraction of sp³-hybridized carbons (Fsp3) is 0.714. The lowest BCUT2D eigenvalue weighted by atomic mass is 10.3. The summed E-state index contributed by atoms with van der Waals surface area (Å²) in [6.07, 6.45) is -3.68. The summed E-state index contributed by atoms with van der Waals surface area (Å²) in [5, 5.41) is 10.7. The lowest BCUT2D eigenvalue weighted by Gasteiger charge is -2.09. The number of urea groups is 1. The van der Waals surface area contributed by atoms with Gasteiger partial charge in [-0.25, -0.2) is 4.79 Å². The van der Waals surface area contributed by atoms with Crippen LogP contribution in [-0.4, -0.2) is 31.1 Å². The maximum Gasteiger partial charge on any atom is 0.405 e. The van der Waals surface area contributed by atoms with Crippen LogP contribution in [0, 0.1) is 5.41 Å². The van der Waals surface area contributed by atoms with Gasteiger partial charge < -0.3 is 16.4 Å². The molecule has 5 nitrogen and oxygen atoms in total. The molecule has 2 amide bonds. The van der Waals surface area contributed by atoms with E-state index in [2.05, 4.69) is 5.32 Å². The van der Waals surface area contributed by atoms with E-state index in [1.54, 1.807) is 5.32 Å². The molecule has 0 heterocycles. The number of halogens is 3. The molecule has 0 aliphatic heterocycles. The van der Waals surface area contributed by atoms with Gasteiger partial charge in [0, 0.05) is 13.0 Å². The molecule has 5 N–H and O–H groups in total. The molecule has 0 aliphatic rings. The lowest BCUT2D eigenvalue weighted by molar-refractivity contribution is -0.122. The number of carbonyl (C=O) groups excluding carboxylic acids is 1. The van der Waals surface area contributed by atoms with Gasteiger partial charge in [0.25, 0.3) is 0 Å². The molecule has 0 rings (SSSR count). The van der Waals surface area contributed by atoms with E-state index in [1.807, 2.05) is 0 Å². The third-order valence-corrected chi connectivity index (χ3v) is 1.36. The molecule has 0 aromatic rings. The van der Waals surface area contributed by atoms with E-state index < -0.39 is 18.8 Å². The van der Waals surface area contributed by atoms with Crippen LogP contribution in [0.1, 0.15) is 12.8 Å². The summed E-state index contributed by atoms with van der Waals surface area (Å²) in [6, 6.07) is -0.879. The molecule has 0 unspecified atom stereocenters. The zero-order valence-electron chi connectivity index (χ0n) is 7.95. The van der Waals surface area contributed by atoms with Crippen molar-refractivity contribution >= 4 is 11.9 Å². The van der Waals surface area contributed by atoms with Gasteiger partial charge in [-0.1, -0.05) is 0 Å². The first-order chi connectivity index (χ1) is 6.81. The Kier molecular flexibility index (Phi) is 5.50. The van der Waals surface area contributed by atoms with Crippen molar-refractivity contribution in [3.8, 4) is 0 Å². The van der Waals surface area contributed by atoms with Crippen LogP contribution in [0.5, 0.6) is 0 Å². The highest BCUT2D eigenvalue weighted by atomic mass is 19.4. The summed E-state index contributed by atoms with van der Waals surface area (Å²) in [5.41, 5.74) is 5.03. The number of hydrogen-bond acceptors (Lipinski definition) is 2. The van der Waals surface area contributed by atoms with Gasteiger partial charge in [-0.15, -0.1) is 0 Å². The Morgan fingerprint density at radius 3 is 2.40 bits per heavy atom. The highest BCUT2D eigenvalue weighted by Crippen LogP contribution is 2.11. The largest absolute Gasteiger partial charge is 0.405 e. The van der Waals surface area contributed by atoms with Crippen molar-refractivity contribution in [2.45, 2.75) is 19.0 Å². The predicted octanol–water partition coefficient (Wildman–Crippen LogP) is 0.564. The second kappa shape index (κ2) is 6.10. The zero-order chi connectivity index (χ0) is 11.9. The van der Waals surface area contributed by atoms with E-state index in [0.29, 0.717) is 12.8 Å². The molecule has 88 valence electrons. The Labute approximate surface area is 84.7 Å². The number of amidine groups is 1. The molecule has 0 spiro atoms. The van der Waals surface area contributed by atoms with Crippen LogP contribution < -0.4 is 16.4 Å². The molecule has 0 saturated carbocycles. The third kappa shape index (κ3) is 10.5. The number of carbonyl (C=O) groups is 1. The van der Waals surface area contributed by atoms with Crippen LogP contribution in [0.4, 0.5) is 18.0 Å². The van der Waals surface area contributed by atoms with Gasteiger partial charge in [-0.05, 0) is 6.42 Å². The van der Waals surface area contributed by atoms with E-state index in [0.717, 1.165) is 0 Å². The van der Waals surface area contributed by atoms with Crippen LogP contribution in [0.15, 0.2) is 0 Å². The molecular formula is C7H13F3N4O. The fourth-order valence-electron chi connectivity index (χ4n) is 0.724. The number of alkyl halides is 3. The van der Waals surface area contributed by atoms with Gasteiger partial charge in [0.2, 0.25) is 0 Å². The van der Waals surface area contributed by atoms with Crippen molar-refractivity contribution in [3.05, 3.63) is 0 Å². The van der Waals surface area contributed by atoms with Gasteiger partial charge in [0.15, 0.2) is 0 Å². The van der Waals surface area contributed by atoms with Crippen molar-refractivity contribution in [1.82, 2.24) is 10.6 Å². The monoisotopic (exact) mass is 226 g/mol. The number of hydrogen-bond donors (Lipinski definition) is 4. The smallest absolute Gasteiger partial charge is 0.388 e. The summed E-state index contributed by atoms with van der Waals surface area (Å²) < 4.78 is 34.9. The average Bonchev–Trinajstić information content (AvgIpc) is 2.07. The van der Waals surface area contributed by atoms with Crippen LogP contribution >= 0.6 is 0 Å². The molecule has 0 radical (unpaired) electrons. The van der Waals surface area contributed by atoms with Crippen molar-refractivity contribution in [2.75, 3.05) is 13.1 Å². The van der Waals surface area contributed by atoms with Crippen LogP contribution in [-0.2, 0) is 0 Å². The van der Waals surface area contributed by atoms with E-state index in [-0.39, 0.29) is 12.4 Å². The van der Waals surface area contributed by atoms with Crippen LogP contribution in [0.3, 0.4) is 0 Å². The van der Waals surface area contributed by atoms with Crippen molar-refractivity contribution < 1.29 is 18.0 Å². The Morgan fingerprint density at radius 2 is 1.93 bits per heavy atom. The molecule has 0 bridgehead atoms. The molecule has 0 aliphatic carbocycles. The normalized spacial score (nSPS) is 10.9. The average molecular weight is 226 g/mol. The summed E-state index contributed by atoms with van der Waals surface area (Å²) in [7, 11) is 0. The van der Waals surface area contributed by atoms with Gasteiger partial charge in [0.1, 0.15) is 6.54 Å². The van der Waals surface area contributed by atoms with E-state index in [4.69, 9.17) is 11.1 Å². The van der Waals surface area contributed by atoms with Crippen LogP contribution in [0.2, 0.25) is 0 Å². The maximum absolute atomic E-state index is 11.6. The maximum atomic E-state index is 11.6. The Morgan fingerprint density at radius 1 is 1.33 bits per heavy atom. The number of nitrogens with one attached hydrogen (secondary N) is 3. The molecule has 0 aromatic carbocycles. The van der Waals surface area contributed by atoms with E-state index in [9.17, 15) is 18.0 Å². The second-order valence-corrected chi connectivity index (χ2v) is 2.85. The first kappa shape index (κ1) is 13.5. The quantitative estimate of drug-likeness (QED) is 0.313. The molecule has 0 saturated heterocycles. The lowest BCUT2D eigenvalue weighted by Crippen LogP contribution is -2.41. The minimum absolute atomic E-state index is 0.0208. The summed E-state index contributed by atoms with van der Waals surface area (Å²) >= 11 is 0. The number of amides is 2. The second-order valence-electron chi connectivity index (χ2n) is 2.85. The molecule has 15 heavy (non-hydrogen) atoms. The Balaban J connectivity index is 3.46. The molecule has 8 heteroatoms. The van der Waals surface area contributed by atoms with E-state index in [1.165, 1.54) is 0 Å². The Bertz CT molecular complexity index is 229. The Hall–Kier alpha value is -1.47.